The Morgan fingerprint density at radius 2 is 1.91 bits per heavy atom. The largest absolute Gasteiger partial charge is 0.444 e. The van der Waals surface area contributed by atoms with Crippen LogP contribution in [0.1, 0.15) is 45.5 Å². The second-order valence-electron chi connectivity index (χ2n) is 8.74. The Morgan fingerprint density at radius 3 is 2.56 bits per heavy atom. The highest BCUT2D eigenvalue weighted by Crippen LogP contribution is 2.33. The highest BCUT2D eigenvalue weighted by atomic mass is 16.6. The second-order valence-corrected chi connectivity index (χ2v) is 8.74. The highest BCUT2D eigenvalue weighted by Gasteiger charge is 2.36. The van der Waals surface area contributed by atoms with Crippen molar-refractivity contribution in [1.82, 2.24) is 14.5 Å². The lowest BCUT2D eigenvalue weighted by Gasteiger charge is -2.29. The molecule has 0 N–H and O–H groups in total. The SMILES string of the molecule is CC(C)(C)OC(=O)N1CCCC1c1nc2ccc([N+](=O)[O-])cc2c(=O)n1-c1ccccc1. The van der Waals surface area contributed by atoms with Crippen molar-refractivity contribution in [2.24, 2.45) is 0 Å². The van der Waals surface area contributed by atoms with Crippen molar-refractivity contribution in [3.63, 3.8) is 0 Å². The number of benzene rings is 2. The third kappa shape index (κ3) is 4.05. The summed E-state index contributed by atoms with van der Waals surface area (Å²) in [5, 5.41) is 11.4. The molecule has 0 spiro atoms. The van der Waals surface area contributed by atoms with Crippen LogP contribution < -0.4 is 5.56 Å². The van der Waals surface area contributed by atoms with Crippen LogP contribution in [0.5, 0.6) is 0 Å². The van der Waals surface area contributed by atoms with Gasteiger partial charge in [0.25, 0.3) is 11.2 Å². The maximum Gasteiger partial charge on any atom is 0.410 e. The van der Waals surface area contributed by atoms with Crippen LogP contribution in [0.2, 0.25) is 0 Å². The van der Waals surface area contributed by atoms with Gasteiger partial charge in [-0.2, -0.15) is 0 Å². The van der Waals surface area contributed by atoms with Gasteiger partial charge in [-0.3, -0.25) is 24.4 Å². The van der Waals surface area contributed by atoms with Crippen LogP contribution in [0.3, 0.4) is 0 Å². The van der Waals surface area contributed by atoms with E-state index in [4.69, 9.17) is 9.72 Å². The summed E-state index contributed by atoms with van der Waals surface area (Å²) in [5.41, 5.74) is -0.335. The molecule has 1 aliphatic rings. The van der Waals surface area contributed by atoms with Gasteiger partial charge in [0, 0.05) is 18.7 Å². The molecule has 9 heteroatoms. The van der Waals surface area contributed by atoms with E-state index in [1.54, 1.807) is 49.9 Å². The number of hydrogen-bond acceptors (Lipinski definition) is 6. The van der Waals surface area contributed by atoms with Gasteiger partial charge < -0.3 is 4.74 Å². The van der Waals surface area contributed by atoms with Crippen LogP contribution in [0.25, 0.3) is 16.6 Å². The van der Waals surface area contributed by atoms with Crippen molar-refractivity contribution >= 4 is 22.7 Å². The van der Waals surface area contributed by atoms with E-state index < -0.39 is 28.2 Å². The molecule has 2 aromatic carbocycles. The first-order chi connectivity index (χ1) is 15.2. The molecule has 0 bridgehead atoms. The van der Waals surface area contributed by atoms with Crippen molar-refractivity contribution in [3.05, 3.63) is 74.8 Å². The lowest BCUT2D eigenvalue weighted by molar-refractivity contribution is -0.384. The van der Waals surface area contributed by atoms with Gasteiger partial charge >= 0.3 is 6.09 Å². The zero-order chi connectivity index (χ0) is 23.0. The zero-order valence-corrected chi connectivity index (χ0v) is 18.1. The Morgan fingerprint density at radius 1 is 1.19 bits per heavy atom. The van der Waals surface area contributed by atoms with Gasteiger partial charge in [-0.1, -0.05) is 18.2 Å². The Bertz CT molecular complexity index is 1250. The summed E-state index contributed by atoms with van der Waals surface area (Å²) >= 11 is 0. The van der Waals surface area contributed by atoms with Crippen molar-refractivity contribution < 1.29 is 14.5 Å². The number of amides is 1. The van der Waals surface area contributed by atoms with Crippen molar-refractivity contribution in [1.29, 1.82) is 0 Å². The van der Waals surface area contributed by atoms with E-state index in [1.807, 2.05) is 6.07 Å². The second kappa shape index (κ2) is 8.07. The number of para-hydroxylation sites is 1. The molecule has 2 heterocycles. The number of hydrogen-bond donors (Lipinski definition) is 0. The number of nitro groups is 1. The number of rotatable bonds is 3. The lowest BCUT2D eigenvalue weighted by atomic mass is 10.1. The number of aromatic nitrogens is 2. The van der Waals surface area contributed by atoms with Gasteiger partial charge in [-0.25, -0.2) is 9.78 Å². The van der Waals surface area contributed by atoms with Gasteiger partial charge in [-0.15, -0.1) is 0 Å². The zero-order valence-electron chi connectivity index (χ0n) is 18.1. The Labute approximate surface area is 184 Å². The summed E-state index contributed by atoms with van der Waals surface area (Å²) in [7, 11) is 0. The molecular weight excluding hydrogens is 412 g/mol. The number of nitro benzene ring substituents is 1. The minimum Gasteiger partial charge on any atom is -0.444 e. The minimum atomic E-state index is -0.654. The summed E-state index contributed by atoms with van der Waals surface area (Å²) in [4.78, 5) is 43.4. The summed E-state index contributed by atoms with van der Waals surface area (Å²) in [6.07, 6.45) is 0.904. The Hall–Kier alpha value is -3.75. The molecule has 4 rings (SSSR count). The molecular formula is C23H24N4O5. The number of fused-ring (bicyclic) bond motifs is 1. The number of carbonyl (C=O) groups is 1. The number of non-ortho nitro benzene ring substituents is 1. The van der Waals surface area contributed by atoms with E-state index in [2.05, 4.69) is 0 Å². The first-order valence-corrected chi connectivity index (χ1v) is 10.4. The van der Waals surface area contributed by atoms with Gasteiger partial charge in [0.1, 0.15) is 11.4 Å². The van der Waals surface area contributed by atoms with E-state index in [-0.39, 0.29) is 11.1 Å². The number of ether oxygens (including phenoxy) is 1. The molecule has 1 saturated heterocycles. The molecule has 1 amide bonds. The molecule has 3 aromatic rings. The van der Waals surface area contributed by atoms with Gasteiger partial charge in [0.15, 0.2) is 0 Å². The molecule has 0 saturated carbocycles. The quantitative estimate of drug-likeness (QED) is 0.446. The number of carbonyl (C=O) groups excluding carboxylic acids is 1. The van der Waals surface area contributed by atoms with Gasteiger partial charge in [-0.05, 0) is 51.8 Å². The summed E-state index contributed by atoms with van der Waals surface area (Å²) in [5.74, 6) is 0.408. The molecule has 1 aromatic heterocycles. The molecule has 1 aliphatic heterocycles. The average molecular weight is 436 g/mol. The molecule has 166 valence electrons. The summed E-state index contributed by atoms with van der Waals surface area (Å²) in [6, 6.07) is 12.5. The maximum atomic E-state index is 13.6. The van der Waals surface area contributed by atoms with E-state index in [0.717, 1.165) is 6.42 Å². The molecule has 32 heavy (non-hydrogen) atoms. The molecule has 0 radical (unpaired) electrons. The predicted octanol–water partition coefficient (Wildman–Crippen LogP) is 4.37. The van der Waals surface area contributed by atoms with Crippen LogP contribution in [0.15, 0.2) is 53.3 Å². The lowest BCUT2D eigenvalue weighted by Crippen LogP contribution is -2.38. The van der Waals surface area contributed by atoms with Crippen molar-refractivity contribution in [3.8, 4) is 5.69 Å². The fraction of sp³-hybridized carbons (Fsp3) is 0.348. The first-order valence-electron chi connectivity index (χ1n) is 10.4. The third-order valence-corrected chi connectivity index (χ3v) is 5.28. The maximum absolute atomic E-state index is 13.6. The summed E-state index contributed by atoms with van der Waals surface area (Å²) in [6.45, 7) is 5.90. The third-order valence-electron chi connectivity index (χ3n) is 5.28. The van der Waals surface area contributed by atoms with E-state index in [0.29, 0.717) is 30.0 Å². The van der Waals surface area contributed by atoms with Crippen LogP contribution >= 0.6 is 0 Å². The number of likely N-dealkylation sites (tertiary alicyclic amines) is 1. The predicted molar refractivity (Wildman–Crippen MR) is 119 cm³/mol. The van der Waals surface area contributed by atoms with Gasteiger partial charge in [0.05, 0.1) is 27.6 Å². The molecule has 1 fully saturated rings. The van der Waals surface area contributed by atoms with Crippen LogP contribution in [-0.2, 0) is 4.74 Å². The van der Waals surface area contributed by atoms with E-state index >= 15 is 0 Å². The van der Waals surface area contributed by atoms with Crippen molar-refractivity contribution in [2.45, 2.75) is 45.3 Å². The first kappa shape index (κ1) is 21.5. The van der Waals surface area contributed by atoms with Gasteiger partial charge in [0.2, 0.25) is 0 Å². The minimum absolute atomic E-state index is 0.147. The smallest absolute Gasteiger partial charge is 0.410 e. The van der Waals surface area contributed by atoms with E-state index in [9.17, 15) is 19.7 Å². The fourth-order valence-corrected chi connectivity index (χ4v) is 3.93. The Balaban J connectivity index is 1.92. The van der Waals surface area contributed by atoms with Crippen molar-refractivity contribution in [2.75, 3.05) is 6.54 Å². The van der Waals surface area contributed by atoms with Crippen LogP contribution in [0, 0.1) is 10.1 Å². The standard InChI is InChI=1S/C23H24N4O5/c1-23(2,3)32-22(29)25-13-7-10-19(25)20-24-18-12-11-16(27(30)31)14-17(18)21(28)26(20)15-8-5-4-6-9-15/h4-6,8-9,11-12,14,19H,7,10,13H2,1-3H3. The normalized spacial score (nSPS) is 16.3. The van der Waals surface area contributed by atoms with E-state index in [1.165, 1.54) is 22.8 Å². The fourth-order valence-electron chi connectivity index (χ4n) is 3.93. The summed E-state index contributed by atoms with van der Waals surface area (Å²) < 4.78 is 7.02. The average Bonchev–Trinajstić information content (AvgIpc) is 3.23. The van der Waals surface area contributed by atoms with Crippen LogP contribution in [-0.4, -0.2) is 37.6 Å². The molecule has 1 atom stereocenters. The number of nitrogens with zero attached hydrogens (tertiary/aromatic N) is 4. The Kier molecular flexibility index (Phi) is 5.41. The highest BCUT2D eigenvalue weighted by molar-refractivity contribution is 5.81. The topological polar surface area (TPSA) is 108 Å². The van der Waals surface area contributed by atoms with Crippen LogP contribution in [0.4, 0.5) is 10.5 Å². The molecule has 1 unspecified atom stereocenters. The molecule has 0 aliphatic carbocycles. The molecule has 9 nitrogen and oxygen atoms in total. The monoisotopic (exact) mass is 436 g/mol.